The number of hydrogen-bond acceptors (Lipinski definition) is 3. The van der Waals surface area contributed by atoms with Gasteiger partial charge in [0.15, 0.2) is 0 Å². The van der Waals surface area contributed by atoms with Gasteiger partial charge in [-0.05, 0) is 18.6 Å². The largest absolute Gasteiger partial charge is 0.480 e. The van der Waals surface area contributed by atoms with Gasteiger partial charge in [0.2, 0.25) is 0 Å². The summed E-state index contributed by atoms with van der Waals surface area (Å²) in [5.41, 5.74) is 1.65. The monoisotopic (exact) mass is 327 g/mol. The molecule has 7 nitrogen and oxygen atoms in total. The van der Waals surface area contributed by atoms with Crippen molar-refractivity contribution in [3.63, 3.8) is 0 Å². The number of imide groups is 1. The molecule has 0 spiro atoms. The van der Waals surface area contributed by atoms with Crippen LogP contribution in [0.4, 0.5) is 4.79 Å². The van der Waals surface area contributed by atoms with Crippen LogP contribution in [0.5, 0.6) is 0 Å². The number of carbonyl (C=O) groups excluding carboxylic acids is 2. The van der Waals surface area contributed by atoms with Crippen molar-refractivity contribution < 1.29 is 19.5 Å². The molecule has 3 rings (SSSR count). The summed E-state index contributed by atoms with van der Waals surface area (Å²) >= 11 is 0. The maximum Gasteiger partial charge on any atom is 0.329 e. The fourth-order valence-electron chi connectivity index (χ4n) is 2.82. The number of aliphatic carboxylic acids is 1. The first kappa shape index (κ1) is 15.8. The molecular weight excluding hydrogens is 310 g/mol. The van der Waals surface area contributed by atoms with Crippen LogP contribution in [-0.2, 0) is 16.1 Å². The average molecular weight is 327 g/mol. The number of nitrogens with one attached hydrogen (secondary N) is 1. The molecule has 1 aliphatic rings. The predicted molar refractivity (Wildman–Crippen MR) is 88.1 cm³/mol. The van der Waals surface area contributed by atoms with E-state index in [4.69, 9.17) is 5.11 Å². The molecule has 24 heavy (non-hydrogen) atoms. The number of fused-ring (bicyclic) bond motifs is 1. The Hall–Kier alpha value is -3.09. The number of urea groups is 1. The minimum absolute atomic E-state index is 0.175. The number of amides is 3. The van der Waals surface area contributed by atoms with Crippen LogP contribution >= 0.6 is 0 Å². The van der Waals surface area contributed by atoms with Gasteiger partial charge in [-0.1, -0.05) is 25.1 Å². The van der Waals surface area contributed by atoms with E-state index in [0.717, 1.165) is 10.9 Å². The predicted octanol–water partition coefficient (Wildman–Crippen LogP) is 2.03. The Bertz CT molecular complexity index is 866. The lowest BCUT2D eigenvalue weighted by molar-refractivity contribution is -0.137. The maximum absolute atomic E-state index is 12.3. The van der Waals surface area contributed by atoms with Gasteiger partial charge >= 0.3 is 12.0 Å². The number of hydrogen-bond donors (Lipinski definition) is 2. The number of benzene rings is 1. The van der Waals surface area contributed by atoms with E-state index in [-0.39, 0.29) is 18.1 Å². The molecule has 124 valence electrons. The fourth-order valence-corrected chi connectivity index (χ4v) is 2.82. The zero-order valence-electron chi connectivity index (χ0n) is 13.2. The number of nitrogens with zero attached hydrogens (tertiary/aromatic N) is 2. The van der Waals surface area contributed by atoms with Gasteiger partial charge in [-0.25, -0.2) is 4.79 Å². The first-order valence-electron chi connectivity index (χ1n) is 7.65. The van der Waals surface area contributed by atoms with Crippen molar-refractivity contribution in [1.82, 2.24) is 14.8 Å². The molecule has 2 heterocycles. The highest BCUT2D eigenvalue weighted by atomic mass is 16.4. The van der Waals surface area contributed by atoms with E-state index in [9.17, 15) is 14.4 Å². The highest BCUT2D eigenvalue weighted by molar-refractivity contribution is 6.14. The molecule has 1 aromatic carbocycles. The van der Waals surface area contributed by atoms with Gasteiger partial charge in [0.05, 0.1) is 0 Å². The van der Waals surface area contributed by atoms with E-state index in [0.29, 0.717) is 18.5 Å². The van der Waals surface area contributed by atoms with Crippen molar-refractivity contribution in [1.29, 1.82) is 0 Å². The molecule has 0 saturated carbocycles. The Balaban J connectivity index is 2.03. The zero-order valence-corrected chi connectivity index (χ0v) is 13.2. The van der Waals surface area contributed by atoms with Crippen molar-refractivity contribution in [2.24, 2.45) is 0 Å². The second-order valence-corrected chi connectivity index (χ2v) is 5.57. The lowest BCUT2D eigenvalue weighted by atomic mass is 10.1. The molecule has 0 radical (unpaired) electrons. The molecular formula is C17H17N3O4. The van der Waals surface area contributed by atoms with Crippen LogP contribution in [0.2, 0.25) is 0 Å². The Morgan fingerprint density at radius 1 is 1.29 bits per heavy atom. The Morgan fingerprint density at radius 3 is 2.75 bits per heavy atom. The van der Waals surface area contributed by atoms with Gasteiger partial charge in [0.25, 0.3) is 5.91 Å². The second kappa shape index (κ2) is 6.19. The molecule has 1 aliphatic heterocycles. The number of carbonyl (C=O) groups is 3. The summed E-state index contributed by atoms with van der Waals surface area (Å²) in [4.78, 5) is 36.4. The van der Waals surface area contributed by atoms with E-state index in [2.05, 4.69) is 5.32 Å². The van der Waals surface area contributed by atoms with Gasteiger partial charge in [0, 0.05) is 29.2 Å². The third-order valence-electron chi connectivity index (χ3n) is 3.83. The van der Waals surface area contributed by atoms with E-state index in [1.54, 1.807) is 16.8 Å². The summed E-state index contributed by atoms with van der Waals surface area (Å²) in [7, 11) is 0. The Labute approximate surface area is 138 Å². The Morgan fingerprint density at radius 2 is 2.04 bits per heavy atom. The van der Waals surface area contributed by atoms with Crippen LogP contribution in [0.25, 0.3) is 17.0 Å². The van der Waals surface area contributed by atoms with Crippen molar-refractivity contribution in [2.75, 3.05) is 6.54 Å². The molecule has 1 fully saturated rings. The number of para-hydroxylation sites is 1. The highest BCUT2D eigenvalue weighted by Gasteiger charge is 2.32. The van der Waals surface area contributed by atoms with Crippen LogP contribution < -0.4 is 5.32 Å². The minimum Gasteiger partial charge on any atom is -0.480 e. The molecule has 1 saturated heterocycles. The Kier molecular flexibility index (Phi) is 4.07. The van der Waals surface area contributed by atoms with Crippen molar-refractivity contribution >= 4 is 34.9 Å². The molecule has 0 unspecified atom stereocenters. The normalized spacial score (nSPS) is 16.2. The number of rotatable bonds is 5. The standard InChI is InChI=1S/C17H17N3O4/c1-2-7-20-16(23)13(18-17(20)24)8-11-9-19(10-15(21)22)14-6-4-3-5-12(11)14/h3-6,8-9H,2,7,10H2,1H3,(H,18,24)(H,21,22)/b13-8+. The van der Waals surface area contributed by atoms with Crippen molar-refractivity contribution in [3.05, 3.63) is 41.7 Å². The van der Waals surface area contributed by atoms with Gasteiger partial charge in [-0.2, -0.15) is 0 Å². The molecule has 0 atom stereocenters. The lowest BCUT2D eigenvalue weighted by Crippen LogP contribution is -2.31. The maximum atomic E-state index is 12.3. The quantitative estimate of drug-likeness (QED) is 0.649. The summed E-state index contributed by atoms with van der Waals surface area (Å²) in [6, 6.07) is 6.91. The number of carboxylic acids is 1. The van der Waals surface area contributed by atoms with Crippen LogP contribution in [0.15, 0.2) is 36.2 Å². The average Bonchev–Trinajstić information content (AvgIpc) is 3.01. The number of aromatic nitrogens is 1. The molecule has 2 N–H and O–H groups in total. The minimum atomic E-state index is -0.950. The summed E-state index contributed by atoms with van der Waals surface area (Å²) in [5.74, 6) is -1.31. The van der Waals surface area contributed by atoms with Crippen LogP contribution in [-0.4, -0.2) is 39.0 Å². The van der Waals surface area contributed by atoms with Crippen molar-refractivity contribution in [2.45, 2.75) is 19.9 Å². The molecule has 0 aliphatic carbocycles. The SMILES string of the molecule is CCCN1C(=O)N/C(=C/c2cn(CC(=O)O)c3ccccc23)C1=O. The van der Waals surface area contributed by atoms with Crippen molar-refractivity contribution in [3.8, 4) is 0 Å². The van der Waals surface area contributed by atoms with Crippen LogP contribution in [0, 0.1) is 0 Å². The van der Waals surface area contributed by atoms with E-state index in [1.807, 2.05) is 31.2 Å². The molecule has 3 amide bonds. The summed E-state index contributed by atoms with van der Waals surface area (Å²) in [6.07, 6.45) is 3.95. The molecule has 7 heteroatoms. The molecule has 0 bridgehead atoms. The van der Waals surface area contributed by atoms with Gasteiger partial charge in [-0.15, -0.1) is 0 Å². The summed E-state index contributed by atoms with van der Waals surface area (Å²) < 4.78 is 1.61. The third-order valence-corrected chi connectivity index (χ3v) is 3.83. The number of carboxylic acid groups (broad SMARTS) is 1. The first-order valence-corrected chi connectivity index (χ1v) is 7.65. The highest BCUT2D eigenvalue weighted by Crippen LogP contribution is 2.24. The fraction of sp³-hybridized carbons (Fsp3) is 0.235. The van der Waals surface area contributed by atoms with E-state index < -0.39 is 12.0 Å². The van der Waals surface area contributed by atoms with Crippen LogP contribution in [0.1, 0.15) is 18.9 Å². The first-order chi connectivity index (χ1) is 11.5. The third kappa shape index (κ3) is 2.76. The van der Waals surface area contributed by atoms with E-state index in [1.165, 1.54) is 4.90 Å². The van der Waals surface area contributed by atoms with Gasteiger partial charge in [-0.3, -0.25) is 14.5 Å². The van der Waals surface area contributed by atoms with Gasteiger partial charge < -0.3 is 15.0 Å². The summed E-state index contributed by atoms with van der Waals surface area (Å²) in [6.45, 7) is 2.08. The second-order valence-electron chi connectivity index (χ2n) is 5.57. The lowest BCUT2D eigenvalue weighted by Gasteiger charge is -2.08. The van der Waals surface area contributed by atoms with Gasteiger partial charge in [0.1, 0.15) is 12.2 Å². The van der Waals surface area contributed by atoms with E-state index >= 15 is 0 Å². The molecule has 2 aromatic rings. The van der Waals surface area contributed by atoms with Crippen LogP contribution in [0.3, 0.4) is 0 Å². The smallest absolute Gasteiger partial charge is 0.329 e. The topological polar surface area (TPSA) is 91.6 Å². The molecule has 1 aromatic heterocycles. The summed E-state index contributed by atoms with van der Waals surface area (Å²) in [5, 5.41) is 12.4. The zero-order chi connectivity index (χ0) is 17.3.